The molecule has 2 aromatic rings. The quantitative estimate of drug-likeness (QED) is 0.847. The van der Waals surface area contributed by atoms with Crippen molar-refractivity contribution in [1.29, 1.82) is 0 Å². The van der Waals surface area contributed by atoms with Gasteiger partial charge in [0.05, 0.1) is 0 Å². The van der Waals surface area contributed by atoms with Crippen LogP contribution in [0.3, 0.4) is 0 Å². The molecule has 0 aliphatic heterocycles. The summed E-state index contributed by atoms with van der Waals surface area (Å²) in [6, 6.07) is 17.1. The van der Waals surface area contributed by atoms with E-state index in [0.29, 0.717) is 13.0 Å². The number of benzene rings is 2. The molecule has 0 saturated carbocycles. The second-order valence-corrected chi connectivity index (χ2v) is 4.75. The van der Waals surface area contributed by atoms with Gasteiger partial charge in [0.2, 0.25) is 5.91 Å². The van der Waals surface area contributed by atoms with E-state index in [9.17, 15) is 9.90 Å². The zero-order valence-electron chi connectivity index (χ0n) is 11.4. The Bertz CT molecular complexity index is 535. The van der Waals surface area contributed by atoms with Crippen LogP contribution in [0, 0.1) is 0 Å². The highest BCUT2D eigenvalue weighted by atomic mass is 16.3. The van der Waals surface area contributed by atoms with Gasteiger partial charge in [-0.3, -0.25) is 4.79 Å². The van der Waals surface area contributed by atoms with Gasteiger partial charge >= 0.3 is 0 Å². The van der Waals surface area contributed by atoms with Crippen LogP contribution in [0.4, 0.5) is 0 Å². The average molecular weight is 269 g/mol. The molecular formula is C17H19NO2. The first-order valence-corrected chi connectivity index (χ1v) is 6.82. The Kier molecular flexibility index (Phi) is 5.18. The molecule has 2 N–H and O–H groups in total. The summed E-state index contributed by atoms with van der Waals surface area (Å²) in [5.41, 5.74) is 2.28. The summed E-state index contributed by atoms with van der Waals surface area (Å²) in [6.45, 7) is 0.623. The van der Waals surface area contributed by atoms with Gasteiger partial charge in [-0.15, -0.1) is 0 Å². The fraction of sp³-hybridized carbons (Fsp3) is 0.235. The van der Waals surface area contributed by atoms with E-state index in [1.54, 1.807) is 12.1 Å². The number of amides is 1. The van der Waals surface area contributed by atoms with Crippen LogP contribution in [0.25, 0.3) is 0 Å². The van der Waals surface area contributed by atoms with E-state index < -0.39 is 0 Å². The summed E-state index contributed by atoms with van der Waals surface area (Å²) in [6.07, 6.45) is 2.06. The molecule has 3 nitrogen and oxygen atoms in total. The third-order valence-electron chi connectivity index (χ3n) is 3.16. The van der Waals surface area contributed by atoms with Crippen molar-refractivity contribution in [2.75, 3.05) is 6.54 Å². The Balaban J connectivity index is 1.66. The van der Waals surface area contributed by atoms with Crippen LogP contribution in [0.2, 0.25) is 0 Å². The maximum atomic E-state index is 11.7. The zero-order valence-corrected chi connectivity index (χ0v) is 11.4. The summed E-state index contributed by atoms with van der Waals surface area (Å²) in [7, 11) is 0. The van der Waals surface area contributed by atoms with Crippen LogP contribution in [-0.4, -0.2) is 17.6 Å². The number of hydrogen-bond donors (Lipinski definition) is 2. The molecule has 0 unspecified atom stereocenters. The van der Waals surface area contributed by atoms with E-state index in [0.717, 1.165) is 18.4 Å². The van der Waals surface area contributed by atoms with Crippen molar-refractivity contribution >= 4 is 5.91 Å². The Morgan fingerprint density at radius 3 is 2.25 bits per heavy atom. The normalized spacial score (nSPS) is 10.2. The van der Waals surface area contributed by atoms with Gasteiger partial charge in [0.1, 0.15) is 5.75 Å². The molecule has 0 spiro atoms. The van der Waals surface area contributed by atoms with Gasteiger partial charge in [-0.1, -0.05) is 42.5 Å². The molecular weight excluding hydrogens is 250 g/mol. The van der Waals surface area contributed by atoms with Gasteiger partial charge in [-0.05, 0) is 36.1 Å². The van der Waals surface area contributed by atoms with E-state index >= 15 is 0 Å². The fourth-order valence-corrected chi connectivity index (χ4v) is 2.00. The lowest BCUT2D eigenvalue weighted by molar-refractivity contribution is -0.121. The minimum atomic E-state index is 0.0765. The summed E-state index contributed by atoms with van der Waals surface area (Å²) < 4.78 is 0. The number of carbonyl (C=O) groups is 1. The van der Waals surface area contributed by atoms with Crippen molar-refractivity contribution in [2.24, 2.45) is 0 Å². The molecule has 0 aromatic heterocycles. The topological polar surface area (TPSA) is 49.3 Å². The number of hydrogen-bond acceptors (Lipinski definition) is 2. The maximum absolute atomic E-state index is 11.7. The minimum absolute atomic E-state index is 0.0765. The molecule has 0 bridgehead atoms. The predicted molar refractivity (Wildman–Crippen MR) is 79.6 cm³/mol. The van der Waals surface area contributed by atoms with E-state index in [-0.39, 0.29) is 11.7 Å². The summed E-state index contributed by atoms with van der Waals surface area (Å²) in [4.78, 5) is 11.7. The highest BCUT2D eigenvalue weighted by Gasteiger charge is 2.02. The predicted octanol–water partition coefficient (Wildman–Crippen LogP) is 2.68. The SMILES string of the molecule is O=C(CCc1ccccc1)NCCc1ccc(O)cc1. The molecule has 20 heavy (non-hydrogen) atoms. The van der Waals surface area contributed by atoms with Crippen LogP contribution in [0.15, 0.2) is 54.6 Å². The van der Waals surface area contributed by atoms with Crippen molar-refractivity contribution in [3.05, 3.63) is 65.7 Å². The van der Waals surface area contributed by atoms with Crippen LogP contribution in [0.5, 0.6) is 5.75 Å². The monoisotopic (exact) mass is 269 g/mol. The molecule has 0 saturated heterocycles. The zero-order chi connectivity index (χ0) is 14.2. The average Bonchev–Trinajstić information content (AvgIpc) is 2.48. The molecule has 0 fully saturated rings. The van der Waals surface area contributed by atoms with E-state index in [4.69, 9.17) is 0 Å². The Hall–Kier alpha value is -2.29. The summed E-state index contributed by atoms with van der Waals surface area (Å²) in [5, 5.41) is 12.1. The minimum Gasteiger partial charge on any atom is -0.508 e. The van der Waals surface area contributed by atoms with Gasteiger partial charge in [0, 0.05) is 13.0 Å². The Morgan fingerprint density at radius 1 is 0.900 bits per heavy atom. The lowest BCUT2D eigenvalue weighted by Gasteiger charge is -2.06. The molecule has 0 radical (unpaired) electrons. The third kappa shape index (κ3) is 4.76. The lowest BCUT2D eigenvalue weighted by atomic mass is 10.1. The molecule has 3 heteroatoms. The number of aryl methyl sites for hydroxylation is 1. The molecule has 2 aromatic carbocycles. The number of rotatable bonds is 6. The molecule has 0 heterocycles. The van der Waals surface area contributed by atoms with Crippen LogP contribution in [-0.2, 0) is 17.6 Å². The summed E-state index contributed by atoms with van der Waals surface area (Å²) in [5.74, 6) is 0.341. The first kappa shape index (κ1) is 14.1. The van der Waals surface area contributed by atoms with E-state index in [1.807, 2.05) is 42.5 Å². The van der Waals surface area contributed by atoms with Crippen LogP contribution in [0.1, 0.15) is 17.5 Å². The second-order valence-electron chi connectivity index (χ2n) is 4.75. The number of phenols is 1. The molecule has 1 amide bonds. The fourth-order valence-electron chi connectivity index (χ4n) is 2.00. The Labute approximate surface area is 119 Å². The van der Waals surface area contributed by atoms with Crippen LogP contribution < -0.4 is 5.32 Å². The highest BCUT2D eigenvalue weighted by molar-refractivity contribution is 5.76. The van der Waals surface area contributed by atoms with Crippen molar-refractivity contribution in [2.45, 2.75) is 19.3 Å². The first-order chi connectivity index (χ1) is 9.74. The number of carbonyl (C=O) groups excluding carboxylic acids is 1. The standard InChI is InChI=1S/C17H19NO2/c19-16-9-6-15(7-10-16)12-13-18-17(20)11-8-14-4-2-1-3-5-14/h1-7,9-10,19H,8,11-13H2,(H,18,20). The second kappa shape index (κ2) is 7.34. The first-order valence-electron chi connectivity index (χ1n) is 6.82. The lowest BCUT2D eigenvalue weighted by Crippen LogP contribution is -2.25. The number of aromatic hydroxyl groups is 1. The largest absolute Gasteiger partial charge is 0.508 e. The third-order valence-corrected chi connectivity index (χ3v) is 3.16. The van der Waals surface area contributed by atoms with Gasteiger partial charge in [-0.25, -0.2) is 0 Å². The van der Waals surface area contributed by atoms with E-state index in [2.05, 4.69) is 5.32 Å². The van der Waals surface area contributed by atoms with Crippen molar-refractivity contribution in [3.63, 3.8) is 0 Å². The molecule has 2 rings (SSSR count). The van der Waals surface area contributed by atoms with Gasteiger partial charge in [0.15, 0.2) is 0 Å². The van der Waals surface area contributed by atoms with Crippen molar-refractivity contribution in [3.8, 4) is 5.75 Å². The highest BCUT2D eigenvalue weighted by Crippen LogP contribution is 2.09. The van der Waals surface area contributed by atoms with Crippen molar-refractivity contribution < 1.29 is 9.90 Å². The summed E-state index contributed by atoms with van der Waals surface area (Å²) >= 11 is 0. The smallest absolute Gasteiger partial charge is 0.220 e. The molecule has 0 atom stereocenters. The molecule has 0 aliphatic rings. The van der Waals surface area contributed by atoms with Crippen molar-refractivity contribution in [1.82, 2.24) is 5.32 Å². The Morgan fingerprint density at radius 2 is 1.55 bits per heavy atom. The van der Waals surface area contributed by atoms with Gasteiger partial charge in [-0.2, -0.15) is 0 Å². The number of nitrogens with one attached hydrogen (secondary N) is 1. The van der Waals surface area contributed by atoms with E-state index in [1.165, 1.54) is 5.56 Å². The number of phenolic OH excluding ortho intramolecular Hbond substituents is 1. The molecule has 104 valence electrons. The molecule has 0 aliphatic carbocycles. The maximum Gasteiger partial charge on any atom is 0.220 e. The van der Waals surface area contributed by atoms with Crippen LogP contribution >= 0.6 is 0 Å². The van der Waals surface area contributed by atoms with Gasteiger partial charge in [0.25, 0.3) is 0 Å². The van der Waals surface area contributed by atoms with Gasteiger partial charge < -0.3 is 10.4 Å².